The summed E-state index contributed by atoms with van der Waals surface area (Å²) in [6, 6.07) is 0. The molecule has 0 spiro atoms. The minimum atomic E-state index is 0.558. The zero-order valence-corrected chi connectivity index (χ0v) is 12.5. The van der Waals surface area contributed by atoms with Gasteiger partial charge in [0.15, 0.2) is 0 Å². The van der Waals surface area contributed by atoms with Crippen molar-refractivity contribution in [1.29, 1.82) is 0 Å². The number of hydrogen-bond donors (Lipinski definition) is 1. The topological polar surface area (TPSA) is 47.0 Å². The first-order valence-electron chi connectivity index (χ1n) is 7.42. The van der Waals surface area contributed by atoms with E-state index in [1.807, 2.05) is 6.92 Å². The molecule has 108 valence electrons. The molecule has 1 atom stereocenters. The van der Waals surface area contributed by atoms with Gasteiger partial charge in [0.1, 0.15) is 5.82 Å². The van der Waals surface area contributed by atoms with Gasteiger partial charge in [-0.15, -0.1) is 0 Å². The van der Waals surface area contributed by atoms with Crippen LogP contribution in [0.1, 0.15) is 52.1 Å². The number of ether oxygens (including phenoxy) is 1. The Kier molecular flexibility index (Phi) is 8.14. The van der Waals surface area contributed by atoms with Crippen molar-refractivity contribution < 1.29 is 4.74 Å². The fraction of sp³-hybridized carbons (Fsp3) is 0.733. The number of anilines is 1. The molecule has 0 radical (unpaired) electrons. The van der Waals surface area contributed by atoms with Crippen molar-refractivity contribution in [3.8, 4) is 0 Å². The molecule has 0 saturated heterocycles. The third-order valence-corrected chi connectivity index (χ3v) is 3.21. The summed E-state index contributed by atoms with van der Waals surface area (Å²) in [5.41, 5.74) is 0.895. The summed E-state index contributed by atoms with van der Waals surface area (Å²) in [4.78, 5) is 8.61. The lowest BCUT2D eigenvalue weighted by molar-refractivity contribution is 0.0798. The van der Waals surface area contributed by atoms with Crippen molar-refractivity contribution in [3.05, 3.63) is 18.1 Å². The summed E-state index contributed by atoms with van der Waals surface area (Å²) >= 11 is 0. The van der Waals surface area contributed by atoms with Crippen molar-refractivity contribution in [2.45, 2.75) is 53.1 Å². The van der Waals surface area contributed by atoms with Crippen LogP contribution in [0.25, 0.3) is 0 Å². The van der Waals surface area contributed by atoms with Crippen LogP contribution >= 0.6 is 0 Å². The molecule has 1 heterocycles. The average molecular weight is 265 g/mol. The molecular weight excluding hydrogens is 238 g/mol. The smallest absolute Gasteiger partial charge is 0.144 e. The maximum absolute atomic E-state index is 5.75. The molecule has 1 aromatic rings. The van der Waals surface area contributed by atoms with Gasteiger partial charge in [-0.25, -0.2) is 4.98 Å². The lowest BCUT2D eigenvalue weighted by Crippen LogP contribution is -2.09. The maximum atomic E-state index is 5.75. The fourth-order valence-electron chi connectivity index (χ4n) is 1.93. The Bertz CT molecular complexity index is 327. The van der Waals surface area contributed by atoms with Crippen LogP contribution in [-0.4, -0.2) is 23.1 Å². The molecule has 1 aromatic heterocycles. The Morgan fingerprint density at radius 3 is 2.63 bits per heavy atom. The third-order valence-electron chi connectivity index (χ3n) is 3.21. The van der Waals surface area contributed by atoms with Gasteiger partial charge in [-0.2, -0.15) is 0 Å². The van der Waals surface area contributed by atoms with E-state index < -0.39 is 0 Å². The van der Waals surface area contributed by atoms with E-state index in [1.165, 1.54) is 25.7 Å². The largest absolute Gasteiger partial charge is 0.375 e. The number of nitrogens with one attached hydrogen (secondary N) is 1. The minimum absolute atomic E-state index is 0.558. The molecule has 0 aliphatic heterocycles. The van der Waals surface area contributed by atoms with Crippen LogP contribution in [-0.2, 0) is 11.3 Å². The van der Waals surface area contributed by atoms with Crippen molar-refractivity contribution in [1.82, 2.24) is 9.97 Å². The van der Waals surface area contributed by atoms with Crippen LogP contribution in [0.15, 0.2) is 12.4 Å². The molecule has 0 fully saturated rings. The van der Waals surface area contributed by atoms with Crippen LogP contribution in [0.4, 0.5) is 5.82 Å². The Hall–Kier alpha value is -1.16. The predicted octanol–water partition coefficient (Wildman–Crippen LogP) is 3.64. The molecule has 0 amide bonds. The highest BCUT2D eigenvalue weighted by Crippen LogP contribution is 2.13. The van der Waals surface area contributed by atoms with Crippen molar-refractivity contribution in [2.75, 3.05) is 18.5 Å². The van der Waals surface area contributed by atoms with Crippen molar-refractivity contribution >= 4 is 5.82 Å². The van der Waals surface area contributed by atoms with Gasteiger partial charge >= 0.3 is 0 Å². The van der Waals surface area contributed by atoms with E-state index in [2.05, 4.69) is 29.1 Å². The molecule has 1 N–H and O–H groups in total. The molecule has 0 aromatic carbocycles. The first-order valence-corrected chi connectivity index (χ1v) is 7.42. The molecule has 1 rings (SSSR count). The van der Waals surface area contributed by atoms with Crippen molar-refractivity contribution in [2.24, 2.45) is 5.92 Å². The summed E-state index contributed by atoms with van der Waals surface area (Å²) in [7, 11) is 0. The van der Waals surface area contributed by atoms with Crippen molar-refractivity contribution in [3.63, 3.8) is 0 Å². The lowest BCUT2D eigenvalue weighted by atomic mass is 10.0. The molecule has 19 heavy (non-hydrogen) atoms. The standard InChI is InChI=1S/C15H27N3O/c1-4-7-8-13(5-2)11-19-12-14-9-18-15(10-17-14)16-6-3/h9-10,13H,4-8,11-12H2,1-3H3,(H,16,18). The number of aromatic nitrogens is 2. The highest BCUT2D eigenvalue weighted by Gasteiger charge is 2.06. The number of hydrogen-bond acceptors (Lipinski definition) is 4. The van der Waals surface area contributed by atoms with Crippen LogP contribution in [0.2, 0.25) is 0 Å². The number of rotatable bonds is 10. The summed E-state index contributed by atoms with van der Waals surface area (Å²) < 4.78 is 5.75. The van der Waals surface area contributed by atoms with E-state index in [1.54, 1.807) is 12.4 Å². The van der Waals surface area contributed by atoms with Crippen LogP contribution in [0.3, 0.4) is 0 Å². The predicted molar refractivity (Wildman–Crippen MR) is 79.2 cm³/mol. The highest BCUT2D eigenvalue weighted by atomic mass is 16.5. The molecule has 0 bridgehead atoms. The quantitative estimate of drug-likeness (QED) is 0.701. The number of unbranched alkanes of at least 4 members (excludes halogenated alkanes) is 1. The second kappa shape index (κ2) is 9.73. The Labute approximate surface area is 117 Å². The Morgan fingerprint density at radius 2 is 2.05 bits per heavy atom. The second-order valence-corrected chi connectivity index (χ2v) is 4.85. The summed E-state index contributed by atoms with van der Waals surface area (Å²) in [5.74, 6) is 1.49. The summed E-state index contributed by atoms with van der Waals surface area (Å²) in [6.07, 6.45) is 8.54. The zero-order valence-electron chi connectivity index (χ0n) is 12.5. The van der Waals surface area contributed by atoms with Gasteiger partial charge in [0.05, 0.1) is 24.7 Å². The third kappa shape index (κ3) is 6.53. The van der Waals surface area contributed by atoms with E-state index in [0.717, 1.165) is 24.7 Å². The highest BCUT2D eigenvalue weighted by molar-refractivity contribution is 5.30. The van der Waals surface area contributed by atoms with Gasteiger partial charge in [-0.05, 0) is 19.3 Å². The first kappa shape index (κ1) is 15.9. The Morgan fingerprint density at radius 1 is 1.21 bits per heavy atom. The lowest BCUT2D eigenvalue weighted by Gasteiger charge is -2.14. The zero-order chi connectivity index (χ0) is 13.9. The molecular formula is C15H27N3O. The second-order valence-electron chi connectivity index (χ2n) is 4.85. The normalized spacial score (nSPS) is 12.4. The maximum Gasteiger partial charge on any atom is 0.144 e. The molecule has 4 heteroatoms. The van der Waals surface area contributed by atoms with E-state index in [4.69, 9.17) is 4.74 Å². The fourth-order valence-corrected chi connectivity index (χ4v) is 1.93. The number of nitrogens with zero attached hydrogens (tertiary/aromatic N) is 2. The van der Waals surface area contributed by atoms with Gasteiger partial charge in [0.2, 0.25) is 0 Å². The van der Waals surface area contributed by atoms with Gasteiger partial charge in [-0.3, -0.25) is 4.98 Å². The molecule has 0 aliphatic rings. The van der Waals surface area contributed by atoms with E-state index in [9.17, 15) is 0 Å². The van der Waals surface area contributed by atoms with Gasteiger partial charge < -0.3 is 10.1 Å². The first-order chi connectivity index (χ1) is 9.30. The van der Waals surface area contributed by atoms with Gasteiger partial charge in [0.25, 0.3) is 0 Å². The molecule has 1 unspecified atom stereocenters. The van der Waals surface area contributed by atoms with Crippen LogP contribution < -0.4 is 5.32 Å². The Balaban J connectivity index is 2.27. The monoisotopic (exact) mass is 265 g/mol. The van der Waals surface area contributed by atoms with Gasteiger partial charge in [-0.1, -0.05) is 33.1 Å². The van der Waals surface area contributed by atoms with Gasteiger partial charge in [0, 0.05) is 13.2 Å². The molecule has 0 aliphatic carbocycles. The van der Waals surface area contributed by atoms with Crippen LogP contribution in [0, 0.1) is 5.92 Å². The minimum Gasteiger partial charge on any atom is -0.375 e. The van der Waals surface area contributed by atoms with E-state index in [0.29, 0.717) is 12.5 Å². The SMILES string of the molecule is CCCCC(CC)COCc1cnc(NCC)cn1. The summed E-state index contributed by atoms with van der Waals surface area (Å²) in [6.45, 7) is 8.75. The van der Waals surface area contributed by atoms with Crippen LogP contribution in [0.5, 0.6) is 0 Å². The molecule has 4 nitrogen and oxygen atoms in total. The van der Waals surface area contributed by atoms with E-state index in [-0.39, 0.29) is 0 Å². The summed E-state index contributed by atoms with van der Waals surface area (Å²) in [5, 5.41) is 3.13. The molecule has 0 saturated carbocycles. The average Bonchev–Trinajstić information content (AvgIpc) is 2.44. The van der Waals surface area contributed by atoms with E-state index >= 15 is 0 Å².